The summed E-state index contributed by atoms with van der Waals surface area (Å²) in [5.41, 5.74) is 0.956. The number of rotatable bonds is 32. The molecule has 42 heavy (non-hydrogen) atoms. The molecule has 0 saturated heterocycles. The lowest BCUT2D eigenvalue weighted by Crippen LogP contribution is -2.15. The molecule has 1 aromatic rings. The highest BCUT2D eigenvalue weighted by Gasteiger charge is 2.03. The van der Waals surface area contributed by atoms with Gasteiger partial charge in [0, 0.05) is 0 Å². The number of esters is 1. The van der Waals surface area contributed by atoms with Crippen molar-refractivity contribution < 1.29 is 62.1 Å². The first-order chi connectivity index (χ1) is 20.7. The van der Waals surface area contributed by atoms with Crippen LogP contribution in [0.15, 0.2) is 30.3 Å². The average Bonchev–Trinajstić information content (AvgIpc) is 2.99. The molecule has 0 aliphatic rings. The van der Waals surface area contributed by atoms with Crippen LogP contribution in [0.25, 0.3) is 0 Å². The third-order valence-corrected chi connectivity index (χ3v) is 5.13. The Morgan fingerprint density at radius 2 is 0.762 bits per heavy atom. The highest BCUT2D eigenvalue weighted by Crippen LogP contribution is 2.01. The van der Waals surface area contributed by atoms with Crippen molar-refractivity contribution in [3.63, 3.8) is 0 Å². The Morgan fingerprint density at radius 1 is 0.452 bits per heavy atom. The average molecular weight is 605 g/mol. The molecule has 242 valence electrons. The van der Waals surface area contributed by atoms with Gasteiger partial charge in [0.15, 0.2) is 0 Å². The molecule has 0 atom stereocenters. The Labute approximate surface area is 248 Å². The summed E-state index contributed by atoms with van der Waals surface area (Å²) < 4.78 is 53.5. The summed E-state index contributed by atoms with van der Waals surface area (Å²) in [7, 11) is 0. The van der Waals surface area contributed by atoms with Crippen LogP contribution in [0.2, 0.25) is 0 Å². The number of carboxylic acid groups (broad SMARTS) is 1. The summed E-state index contributed by atoms with van der Waals surface area (Å²) in [6, 6.07) is 9.54. The molecule has 0 aliphatic heterocycles. The fraction of sp³-hybridized carbons (Fsp3) is 0.724. The summed E-state index contributed by atoms with van der Waals surface area (Å²) >= 11 is 0. The molecule has 13 nitrogen and oxygen atoms in total. The molecule has 0 aliphatic carbocycles. The van der Waals surface area contributed by atoms with Gasteiger partial charge in [0.05, 0.1) is 132 Å². The van der Waals surface area contributed by atoms with Crippen LogP contribution in [-0.4, -0.2) is 136 Å². The maximum absolute atomic E-state index is 11.7. The second-order valence-corrected chi connectivity index (χ2v) is 8.55. The van der Waals surface area contributed by atoms with E-state index in [0.717, 1.165) is 5.56 Å². The number of hydrogen-bond acceptors (Lipinski definition) is 12. The van der Waals surface area contributed by atoms with Crippen molar-refractivity contribution in [2.24, 2.45) is 0 Å². The number of carbonyl (C=O) groups excluding carboxylic acids is 1. The number of benzene rings is 1. The van der Waals surface area contributed by atoms with Crippen molar-refractivity contribution in [2.45, 2.75) is 19.4 Å². The third-order valence-electron chi connectivity index (χ3n) is 5.13. The van der Waals surface area contributed by atoms with Crippen molar-refractivity contribution in [1.29, 1.82) is 0 Å². The topological polar surface area (TPSA) is 147 Å². The van der Waals surface area contributed by atoms with Crippen LogP contribution >= 0.6 is 0 Å². The van der Waals surface area contributed by atoms with E-state index in [4.69, 9.17) is 52.5 Å². The molecule has 0 spiro atoms. The van der Waals surface area contributed by atoms with Gasteiger partial charge in [-0.05, 0) is 5.56 Å². The minimum absolute atomic E-state index is 0.00516. The Hall–Kier alpha value is -2.20. The zero-order valence-corrected chi connectivity index (χ0v) is 24.6. The molecule has 0 amide bonds. The van der Waals surface area contributed by atoms with Crippen molar-refractivity contribution >= 4 is 11.9 Å². The molecule has 13 heteroatoms. The summed E-state index contributed by atoms with van der Waals surface area (Å²) in [4.78, 5) is 22.0. The maximum Gasteiger partial charge on any atom is 0.308 e. The van der Waals surface area contributed by atoms with Crippen LogP contribution < -0.4 is 0 Å². The van der Waals surface area contributed by atoms with Gasteiger partial charge < -0.3 is 52.5 Å². The standard InChI is InChI=1S/C29H48O13/c30-28(31)6-8-33-10-12-35-14-16-37-18-20-39-22-24-41-25-23-40-21-19-38-17-15-36-13-11-34-9-7-29(32)42-26-27-4-2-1-3-5-27/h1-5H,6-26H2,(H,30,31). The smallest absolute Gasteiger partial charge is 0.308 e. The van der Waals surface area contributed by atoms with E-state index < -0.39 is 5.97 Å². The van der Waals surface area contributed by atoms with Crippen LogP contribution in [-0.2, 0) is 63.6 Å². The molecule has 0 aromatic heterocycles. The van der Waals surface area contributed by atoms with E-state index in [1.54, 1.807) is 0 Å². The van der Waals surface area contributed by atoms with E-state index in [1.807, 2.05) is 30.3 Å². The largest absolute Gasteiger partial charge is 0.481 e. The normalized spacial score (nSPS) is 11.1. The van der Waals surface area contributed by atoms with Crippen LogP contribution in [0.4, 0.5) is 0 Å². The van der Waals surface area contributed by atoms with Crippen LogP contribution in [0.1, 0.15) is 18.4 Å². The number of ether oxygens (including phenoxy) is 10. The van der Waals surface area contributed by atoms with Gasteiger partial charge in [-0.1, -0.05) is 30.3 Å². The zero-order chi connectivity index (χ0) is 30.2. The Morgan fingerprint density at radius 3 is 1.10 bits per heavy atom. The minimum atomic E-state index is -0.877. The molecule has 0 heterocycles. The van der Waals surface area contributed by atoms with E-state index in [2.05, 4.69) is 0 Å². The molecule has 0 saturated carbocycles. The molecule has 1 rings (SSSR count). The van der Waals surface area contributed by atoms with Crippen LogP contribution in [0.3, 0.4) is 0 Å². The molecule has 1 N–H and O–H groups in total. The quantitative estimate of drug-likeness (QED) is 0.0942. The van der Waals surface area contributed by atoms with E-state index in [0.29, 0.717) is 112 Å². The summed E-state index contributed by atoms with van der Waals surface area (Å²) in [5, 5.41) is 8.48. The van der Waals surface area contributed by atoms with Gasteiger partial charge in [-0.3, -0.25) is 9.59 Å². The Kier molecular flexibility index (Phi) is 27.3. The monoisotopic (exact) mass is 604 g/mol. The van der Waals surface area contributed by atoms with Gasteiger partial charge in [0.1, 0.15) is 6.61 Å². The molecule has 0 radical (unpaired) electrons. The Balaban J connectivity index is 1.66. The predicted molar refractivity (Wildman–Crippen MR) is 150 cm³/mol. The van der Waals surface area contributed by atoms with Gasteiger partial charge >= 0.3 is 11.9 Å². The summed E-state index contributed by atoms with van der Waals surface area (Å²) in [6.07, 6.45) is 0.204. The highest BCUT2D eigenvalue weighted by molar-refractivity contribution is 5.69. The van der Waals surface area contributed by atoms with Gasteiger partial charge in [-0.2, -0.15) is 0 Å². The van der Waals surface area contributed by atoms with E-state index in [9.17, 15) is 9.59 Å². The SMILES string of the molecule is O=C(O)CCOCCOCCOCCOCCOCCOCCOCCOCCOCCC(=O)OCc1ccccc1. The molecule has 1 aromatic carbocycles. The zero-order valence-electron chi connectivity index (χ0n) is 24.6. The number of hydrogen-bond donors (Lipinski definition) is 1. The van der Waals surface area contributed by atoms with Gasteiger partial charge in [0.25, 0.3) is 0 Å². The highest BCUT2D eigenvalue weighted by atomic mass is 16.6. The second-order valence-electron chi connectivity index (χ2n) is 8.55. The molecule has 0 bridgehead atoms. The predicted octanol–water partition coefficient (Wildman–Crippen LogP) is 1.74. The van der Waals surface area contributed by atoms with Gasteiger partial charge in [-0.25, -0.2) is 0 Å². The van der Waals surface area contributed by atoms with Crippen LogP contribution in [0, 0.1) is 0 Å². The second kappa shape index (κ2) is 30.3. The molecule has 0 fully saturated rings. The first-order valence-corrected chi connectivity index (χ1v) is 14.3. The van der Waals surface area contributed by atoms with Gasteiger partial charge in [0.2, 0.25) is 0 Å². The van der Waals surface area contributed by atoms with Crippen molar-refractivity contribution in [3.05, 3.63) is 35.9 Å². The summed E-state index contributed by atoms with van der Waals surface area (Å²) in [6.45, 7) is 7.96. The lowest BCUT2D eigenvalue weighted by Gasteiger charge is -2.09. The lowest BCUT2D eigenvalue weighted by atomic mass is 10.2. The fourth-order valence-electron chi connectivity index (χ4n) is 2.99. The minimum Gasteiger partial charge on any atom is -0.481 e. The van der Waals surface area contributed by atoms with E-state index in [1.165, 1.54) is 0 Å². The Bertz CT molecular complexity index is 735. The van der Waals surface area contributed by atoms with Crippen LogP contribution in [0.5, 0.6) is 0 Å². The maximum atomic E-state index is 11.7. The molecular weight excluding hydrogens is 556 g/mol. The first-order valence-electron chi connectivity index (χ1n) is 14.3. The van der Waals surface area contributed by atoms with Crippen molar-refractivity contribution in [1.82, 2.24) is 0 Å². The van der Waals surface area contributed by atoms with E-state index in [-0.39, 0.29) is 32.0 Å². The number of carbonyl (C=O) groups is 2. The third kappa shape index (κ3) is 27.9. The lowest BCUT2D eigenvalue weighted by molar-refractivity contribution is -0.146. The fourth-order valence-corrected chi connectivity index (χ4v) is 2.99. The summed E-state index contributed by atoms with van der Waals surface area (Å²) in [5.74, 6) is -1.16. The molecule has 0 unspecified atom stereocenters. The van der Waals surface area contributed by atoms with Crippen molar-refractivity contribution in [2.75, 3.05) is 119 Å². The number of carboxylic acids is 1. The van der Waals surface area contributed by atoms with Crippen molar-refractivity contribution in [3.8, 4) is 0 Å². The molecular formula is C29H48O13. The first kappa shape index (κ1) is 37.8. The number of aliphatic carboxylic acids is 1. The van der Waals surface area contributed by atoms with Gasteiger partial charge in [-0.15, -0.1) is 0 Å². The van der Waals surface area contributed by atoms with E-state index >= 15 is 0 Å².